The van der Waals surface area contributed by atoms with Crippen LogP contribution in [0.5, 0.6) is 0 Å². The Labute approximate surface area is 280 Å². The van der Waals surface area contributed by atoms with E-state index in [2.05, 4.69) is 22.2 Å². The second-order valence-corrected chi connectivity index (χ2v) is 11.6. The van der Waals surface area contributed by atoms with Crippen LogP contribution in [0.2, 0.25) is 0 Å². The van der Waals surface area contributed by atoms with E-state index in [1.54, 1.807) is 0 Å². The Balaban J connectivity index is -0.000000289. The number of unbranched alkanes of at least 4 members (excludes halogenated alkanes) is 20. The molecule has 38 heavy (non-hydrogen) atoms. The van der Waals surface area contributed by atoms with Crippen molar-refractivity contribution in [3.8, 4) is 0 Å². The fourth-order valence-corrected chi connectivity index (χ4v) is 4.50. The van der Waals surface area contributed by atoms with Crippen molar-refractivity contribution in [2.24, 2.45) is 0 Å². The minimum Gasteiger partial charge on any atom is -0.726 e. The predicted octanol–water partition coefficient (Wildman–Crippen LogP) is 1.56. The predicted molar refractivity (Wildman–Crippen MR) is 144 cm³/mol. The fraction of sp³-hybridized carbons (Fsp3) is 1.00. The minimum absolute atomic E-state index is 0. The molecule has 0 spiro atoms. The van der Waals surface area contributed by atoms with E-state index in [1.165, 1.54) is 103 Å². The first-order chi connectivity index (χ1) is 17.1. The molecule has 0 radical (unpaired) electrons. The molecule has 0 atom stereocenters. The molecule has 0 aliphatic heterocycles. The van der Waals surface area contributed by atoms with Crippen LogP contribution in [0.1, 0.15) is 155 Å². The summed E-state index contributed by atoms with van der Waals surface area (Å²) in [5.41, 5.74) is 0. The van der Waals surface area contributed by atoms with Gasteiger partial charge in [-0.15, -0.1) is 0 Å². The van der Waals surface area contributed by atoms with Crippen LogP contribution < -0.4 is 59.1 Å². The molecule has 0 aliphatic rings. The standard InChI is InChI=1S/2C13H28O4S.2Na/c2*1-2-3-4-5-6-7-8-9-10-11-12-13-17-18(14,15)16;;/h2*2-13H2,1H3,(H,14,15,16);;/q;;2*+1/p-2. The van der Waals surface area contributed by atoms with Gasteiger partial charge in [-0.1, -0.05) is 142 Å². The molecule has 0 unspecified atom stereocenters. The van der Waals surface area contributed by atoms with E-state index in [0.29, 0.717) is 12.8 Å². The van der Waals surface area contributed by atoms with Crippen LogP contribution >= 0.6 is 0 Å². The summed E-state index contributed by atoms with van der Waals surface area (Å²) in [6, 6.07) is 0. The summed E-state index contributed by atoms with van der Waals surface area (Å²) < 4.78 is 69.1. The van der Waals surface area contributed by atoms with E-state index in [-0.39, 0.29) is 72.3 Å². The van der Waals surface area contributed by atoms with E-state index < -0.39 is 20.8 Å². The molecule has 0 bridgehead atoms. The van der Waals surface area contributed by atoms with Gasteiger partial charge in [0.2, 0.25) is 20.8 Å². The first-order valence-corrected chi connectivity index (χ1v) is 17.0. The fourth-order valence-electron chi connectivity index (χ4n) is 3.85. The molecule has 0 rings (SSSR count). The maximum atomic E-state index is 10.1. The van der Waals surface area contributed by atoms with Crippen LogP contribution in [-0.4, -0.2) is 39.2 Å². The van der Waals surface area contributed by atoms with Crippen molar-refractivity contribution in [3.63, 3.8) is 0 Å². The van der Waals surface area contributed by atoms with Gasteiger partial charge in [0.05, 0.1) is 13.2 Å². The molecular formula is C26H54Na2O8S2. The summed E-state index contributed by atoms with van der Waals surface area (Å²) in [6.07, 6.45) is 26.2. The van der Waals surface area contributed by atoms with Crippen LogP contribution in [0.15, 0.2) is 0 Å². The molecule has 0 fully saturated rings. The monoisotopic (exact) mass is 604 g/mol. The number of rotatable bonds is 26. The summed E-state index contributed by atoms with van der Waals surface area (Å²) >= 11 is 0. The van der Waals surface area contributed by atoms with Gasteiger partial charge in [0.1, 0.15) is 0 Å². The van der Waals surface area contributed by atoms with E-state index in [4.69, 9.17) is 0 Å². The smallest absolute Gasteiger partial charge is 0.726 e. The van der Waals surface area contributed by atoms with E-state index in [1.807, 2.05) is 0 Å². The van der Waals surface area contributed by atoms with Crippen molar-refractivity contribution < 1.29 is 93.4 Å². The topological polar surface area (TPSA) is 133 Å². The van der Waals surface area contributed by atoms with E-state index in [9.17, 15) is 25.9 Å². The van der Waals surface area contributed by atoms with Crippen LogP contribution in [0.25, 0.3) is 0 Å². The first kappa shape index (κ1) is 46.7. The SMILES string of the molecule is CCCCCCCCCCCCCOS(=O)(=O)[O-].CCCCCCCCCCCCCOS(=O)(=O)[O-].[Na+].[Na+]. The number of hydrogen-bond acceptors (Lipinski definition) is 8. The zero-order valence-electron chi connectivity index (χ0n) is 25.1. The molecule has 0 saturated heterocycles. The van der Waals surface area contributed by atoms with Crippen molar-refractivity contribution in [3.05, 3.63) is 0 Å². The van der Waals surface area contributed by atoms with E-state index >= 15 is 0 Å². The van der Waals surface area contributed by atoms with Crippen molar-refractivity contribution in [1.82, 2.24) is 0 Å². The zero-order valence-corrected chi connectivity index (χ0v) is 30.7. The number of hydrogen-bond donors (Lipinski definition) is 0. The normalized spacial score (nSPS) is 11.3. The van der Waals surface area contributed by atoms with E-state index in [0.717, 1.165) is 25.7 Å². The summed E-state index contributed by atoms with van der Waals surface area (Å²) in [4.78, 5) is 0. The third-order valence-corrected chi connectivity index (χ3v) is 6.86. The van der Waals surface area contributed by atoms with Gasteiger partial charge in [0, 0.05) is 0 Å². The van der Waals surface area contributed by atoms with Crippen LogP contribution in [0.4, 0.5) is 0 Å². The molecule has 0 aromatic heterocycles. The maximum Gasteiger partial charge on any atom is 1.00 e. The largest absolute Gasteiger partial charge is 1.00 e. The summed E-state index contributed by atoms with van der Waals surface area (Å²) in [5.74, 6) is 0. The third-order valence-electron chi connectivity index (χ3n) is 5.95. The molecule has 0 amide bonds. The van der Waals surface area contributed by atoms with Gasteiger partial charge in [0.15, 0.2) is 0 Å². The van der Waals surface area contributed by atoms with Gasteiger partial charge in [0.25, 0.3) is 0 Å². The van der Waals surface area contributed by atoms with Gasteiger partial charge >= 0.3 is 59.1 Å². The Bertz CT molecular complexity index is 592. The zero-order chi connectivity index (χ0) is 27.4. The molecule has 8 nitrogen and oxygen atoms in total. The van der Waals surface area contributed by atoms with Crippen molar-refractivity contribution in [2.75, 3.05) is 13.2 Å². The maximum absolute atomic E-state index is 10.1. The van der Waals surface area contributed by atoms with Crippen molar-refractivity contribution in [1.29, 1.82) is 0 Å². The van der Waals surface area contributed by atoms with Crippen molar-refractivity contribution in [2.45, 2.75) is 155 Å². The van der Waals surface area contributed by atoms with Gasteiger partial charge in [-0.3, -0.25) is 8.37 Å². The minimum atomic E-state index is -4.49. The molecule has 0 aliphatic carbocycles. The first-order valence-electron chi connectivity index (χ1n) is 14.3. The average molecular weight is 605 g/mol. The molecule has 0 aromatic rings. The van der Waals surface area contributed by atoms with Gasteiger partial charge in [-0.05, 0) is 12.8 Å². The Morgan fingerprint density at radius 1 is 0.395 bits per heavy atom. The van der Waals surface area contributed by atoms with Crippen LogP contribution in [-0.2, 0) is 29.2 Å². The van der Waals surface area contributed by atoms with Gasteiger partial charge in [-0.2, -0.15) is 0 Å². The Morgan fingerprint density at radius 3 is 0.763 bits per heavy atom. The molecular weight excluding hydrogens is 550 g/mol. The Morgan fingerprint density at radius 2 is 0.579 bits per heavy atom. The quantitative estimate of drug-likeness (QED) is 0.0629. The molecule has 12 heteroatoms. The summed E-state index contributed by atoms with van der Waals surface area (Å²) in [7, 11) is -8.97. The molecule has 0 saturated carbocycles. The van der Waals surface area contributed by atoms with Gasteiger partial charge < -0.3 is 9.11 Å². The average Bonchev–Trinajstić information content (AvgIpc) is 2.79. The molecule has 0 N–H and O–H groups in total. The Kier molecular flexibility index (Phi) is 42.9. The third kappa shape index (κ3) is 50.6. The molecule has 0 heterocycles. The van der Waals surface area contributed by atoms with Crippen molar-refractivity contribution >= 4 is 20.8 Å². The Hall–Kier alpha value is 1.74. The second-order valence-electron chi connectivity index (χ2n) is 9.53. The van der Waals surface area contributed by atoms with Crippen LogP contribution in [0, 0.1) is 0 Å². The van der Waals surface area contributed by atoms with Crippen LogP contribution in [0.3, 0.4) is 0 Å². The summed E-state index contributed by atoms with van der Waals surface area (Å²) in [6.45, 7) is 4.51. The molecule has 0 aromatic carbocycles. The molecule has 220 valence electrons. The second kappa shape index (κ2) is 34.9. The summed E-state index contributed by atoms with van der Waals surface area (Å²) in [5, 5.41) is 0. The van der Waals surface area contributed by atoms with Gasteiger partial charge in [-0.25, -0.2) is 16.8 Å².